The van der Waals surface area contributed by atoms with Gasteiger partial charge < -0.3 is 9.47 Å². The number of carbonyl (C=O) groups is 2. The van der Waals surface area contributed by atoms with Gasteiger partial charge in [-0.25, -0.2) is 4.39 Å². The largest absolute Gasteiger partial charge is 0.490 e. The van der Waals surface area contributed by atoms with E-state index in [-0.39, 0.29) is 23.5 Å². The molecule has 0 N–H and O–H groups in total. The van der Waals surface area contributed by atoms with Gasteiger partial charge in [0.2, 0.25) is 5.91 Å². The van der Waals surface area contributed by atoms with Crippen molar-refractivity contribution in [3.63, 3.8) is 0 Å². The van der Waals surface area contributed by atoms with E-state index in [0.29, 0.717) is 36.7 Å². The summed E-state index contributed by atoms with van der Waals surface area (Å²) < 4.78 is 25.1. The first-order valence-corrected chi connectivity index (χ1v) is 10.9. The van der Waals surface area contributed by atoms with Crippen LogP contribution in [-0.4, -0.2) is 34.5 Å². The second kappa shape index (κ2) is 9.63. The molecule has 1 atom stereocenters. The van der Waals surface area contributed by atoms with Crippen LogP contribution in [0.3, 0.4) is 0 Å². The molecule has 2 amide bonds. The van der Waals surface area contributed by atoms with Crippen molar-refractivity contribution in [2.24, 2.45) is 0 Å². The fourth-order valence-electron chi connectivity index (χ4n) is 3.01. The monoisotopic (exact) mass is 481 g/mol. The van der Waals surface area contributed by atoms with Gasteiger partial charge in [0, 0.05) is 4.47 Å². The SMILES string of the molecule is CCOc1cc(Br)c(C[C@@H]2SC(=O)N(Cc3ccc(F)cc3)C2=O)cc1OCC. The summed E-state index contributed by atoms with van der Waals surface area (Å²) in [5.74, 6) is 0.635. The summed E-state index contributed by atoms with van der Waals surface area (Å²) in [4.78, 5) is 26.4. The maximum Gasteiger partial charge on any atom is 0.289 e. The summed E-state index contributed by atoms with van der Waals surface area (Å²) in [5.41, 5.74) is 1.56. The van der Waals surface area contributed by atoms with Crippen LogP contribution >= 0.6 is 27.7 Å². The summed E-state index contributed by atoms with van der Waals surface area (Å²) in [5, 5.41) is -0.817. The lowest BCUT2D eigenvalue weighted by atomic mass is 10.1. The minimum Gasteiger partial charge on any atom is -0.490 e. The molecule has 3 rings (SSSR count). The van der Waals surface area contributed by atoms with Gasteiger partial charge in [-0.2, -0.15) is 0 Å². The molecule has 0 spiro atoms. The van der Waals surface area contributed by atoms with E-state index in [1.54, 1.807) is 12.1 Å². The van der Waals surface area contributed by atoms with Crippen LogP contribution in [0.25, 0.3) is 0 Å². The molecule has 0 saturated carbocycles. The fourth-order valence-corrected chi connectivity index (χ4v) is 4.51. The molecular weight excluding hydrogens is 461 g/mol. The Hall–Kier alpha value is -2.06. The molecule has 0 aromatic heterocycles. The van der Waals surface area contributed by atoms with E-state index in [1.807, 2.05) is 26.0 Å². The van der Waals surface area contributed by atoms with Crippen LogP contribution in [0, 0.1) is 5.82 Å². The molecule has 0 unspecified atom stereocenters. The molecule has 1 fully saturated rings. The maximum absolute atomic E-state index is 13.1. The van der Waals surface area contributed by atoms with E-state index in [0.717, 1.165) is 21.8 Å². The predicted molar refractivity (Wildman–Crippen MR) is 114 cm³/mol. The lowest BCUT2D eigenvalue weighted by Gasteiger charge is -2.16. The number of rotatable bonds is 8. The molecule has 0 aliphatic carbocycles. The number of thioether (sulfide) groups is 1. The van der Waals surface area contributed by atoms with Gasteiger partial charge >= 0.3 is 0 Å². The highest BCUT2D eigenvalue weighted by Gasteiger charge is 2.39. The van der Waals surface area contributed by atoms with Crippen molar-refractivity contribution >= 4 is 38.8 Å². The van der Waals surface area contributed by atoms with Crippen LogP contribution in [0.1, 0.15) is 25.0 Å². The molecule has 1 aliphatic rings. The van der Waals surface area contributed by atoms with Gasteiger partial charge in [-0.3, -0.25) is 14.5 Å². The van der Waals surface area contributed by atoms with Crippen LogP contribution in [0.4, 0.5) is 9.18 Å². The Bertz CT molecular complexity index is 906. The first kappa shape index (κ1) is 21.6. The molecule has 1 saturated heterocycles. The van der Waals surface area contributed by atoms with E-state index in [4.69, 9.17) is 9.47 Å². The standard InChI is InChI=1S/C21H21BrFNO4S/c1-3-27-17-9-14(16(22)11-18(17)28-4-2)10-19-20(25)24(21(26)29-19)12-13-5-7-15(23)8-6-13/h5-9,11,19H,3-4,10,12H2,1-2H3/t19-/m0/s1. The summed E-state index contributed by atoms with van der Waals surface area (Å²) in [7, 11) is 0. The number of imide groups is 1. The second-order valence-electron chi connectivity index (χ2n) is 6.38. The lowest BCUT2D eigenvalue weighted by molar-refractivity contribution is -0.127. The van der Waals surface area contributed by atoms with Gasteiger partial charge in [0.25, 0.3) is 5.24 Å². The fraction of sp³-hybridized carbons (Fsp3) is 0.333. The maximum atomic E-state index is 13.1. The Balaban J connectivity index is 1.76. The first-order chi connectivity index (χ1) is 13.9. The molecule has 2 aromatic carbocycles. The van der Waals surface area contributed by atoms with Crippen LogP contribution in [0.15, 0.2) is 40.9 Å². The summed E-state index contributed by atoms with van der Waals surface area (Å²) >= 11 is 4.54. The van der Waals surface area contributed by atoms with Gasteiger partial charge in [0.1, 0.15) is 5.82 Å². The normalized spacial score (nSPS) is 16.4. The van der Waals surface area contributed by atoms with Gasteiger partial charge in [0.05, 0.1) is 25.0 Å². The average molecular weight is 482 g/mol. The van der Waals surface area contributed by atoms with E-state index < -0.39 is 5.25 Å². The van der Waals surface area contributed by atoms with Crippen molar-refractivity contribution in [2.75, 3.05) is 13.2 Å². The minimum atomic E-state index is -0.522. The Morgan fingerprint density at radius 1 is 1.07 bits per heavy atom. The van der Waals surface area contributed by atoms with Gasteiger partial charge in [-0.1, -0.05) is 39.8 Å². The molecule has 29 heavy (non-hydrogen) atoms. The highest BCUT2D eigenvalue weighted by Crippen LogP contribution is 2.37. The Morgan fingerprint density at radius 3 is 2.31 bits per heavy atom. The lowest BCUT2D eigenvalue weighted by Crippen LogP contribution is -2.31. The molecule has 5 nitrogen and oxygen atoms in total. The van der Waals surface area contributed by atoms with Crippen molar-refractivity contribution in [1.82, 2.24) is 4.90 Å². The number of benzene rings is 2. The van der Waals surface area contributed by atoms with Crippen LogP contribution < -0.4 is 9.47 Å². The van der Waals surface area contributed by atoms with E-state index in [9.17, 15) is 14.0 Å². The first-order valence-electron chi connectivity index (χ1n) is 9.27. The highest BCUT2D eigenvalue weighted by molar-refractivity contribution is 9.10. The molecule has 8 heteroatoms. The Kier molecular flexibility index (Phi) is 7.18. The van der Waals surface area contributed by atoms with Gasteiger partial charge in [-0.15, -0.1) is 0 Å². The number of ether oxygens (including phenoxy) is 2. The smallest absolute Gasteiger partial charge is 0.289 e. The van der Waals surface area contributed by atoms with Crippen LogP contribution in [-0.2, 0) is 17.8 Å². The Labute approximate surface area is 181 Å². The number of nitrogens with zero attached hydrogens (tertiary/aromatic N) is 1. The molecule has 0 radical (unpaired) electrons. The van der Waals surface area contributed by atoms with Crippen molar-refractivity contribution in [3.05, 3.63) is 57.8 Å². The van der Waals surface area contributed by atoms with Crippen molar-refractivity contribution in [2.45, 2.75) is 32.1 Å². The van der Waals surface area contributed by atoms with E-state index in [1.165, 1.54) is 17.0 Å². The number of hydrogen-bond donors (Lipinski definition) is 0. The van der Waals surface area contributed by atoms with E-state index >= 15 is 0 Å². The number of carbonyl (C=O) groups excluding carboxylic acids is 2. The third-order valence-electron chi connectivity index (χ3n) is 4.38. The zero-order valence-corrected chi connectivity index (χ0v) is 18.5. The van der Waals surface area contributed by atoms with Crippen molar-refractivity contribution < 1.29 is 23.5 Å². The van der Waals surface area contributed by atoms with Gasteiger partial charge in [0.15, 0.2) is 11.5 Å². The van der Waals surface area contributed by atoms with Crippen LogP contribution in [0.5, 0.6) is 11.5 Å². The average Bonchev–Trinajstić information content (AvgIpc) is 2.95. The minimum absolute atomic E-state index is 0.135. The summed E-state index contributed by atoms with van der Waals surface area (Å²) in [6.07, 6.45) is 0.377. The van der Waals surface area contributed by atoms with Gasteiger partial charge in [-0.05, 0) is 55.7 Å². The summed E-state index contributed by atoms with van der Waals surface area (Å²) in [6, 6.07) is 9.46. The molecule has 1 aliphatic heterocycles. The number of hydrogen-bond acceptors (Lipinski definition) is 5. The highest BCUT2D eigenvalue weighted by atomic mass is 79.9. The van der Waals surface area contributed by atoms with E-state index in [2.05, 4.69) is 15.9 Å². The van der Waals surface area contributed by atoms with Crippen molar-refractivity contribution in [3.8, 4) is 11.5 Å². The third kappa shape index (κ3) is 5.11. The third-order valence-corrected chi connectivity index (χ3v) is 6.19. The second-order valence-corrected chi connectivity index (χ2v) is 8.39. The topological polar surface area (TPSA) is 55.8 Å². The Morgan fingerprint density at radius 2 is 1.69 bits per heavy atom. The molecule has 1 heterocycles. The molecule has 154 valence electrons. The summed E-state index contributed by atoms with van der Waals surface area (Å²) in [6.45, 7) is 4.92. The zero-order valence-electron chi connectivity index (χ0n) is 16.1. The molecule has 2 aromatic rings. The molecule has 0 bridgehead atoms. The molecular formula is C21H21BrFNO4S. The zero-order chi connectivity index (χ0) is 21.0. The van der Waals surface area contributed by atoms with Crippen molar-refractivity contribution in [1.29, 1.82) is 0 Å². The number of halogens is 2. The quantitative estimate of drug-likeness (QED) is 0.518. The predicted octanol–water partition coefficient (Wildman–Crippen LogP) is 5.19. The number of amides is 2. The van der Waals surface area contributed by atoms with Crippen LogP contribution in [0.2, 0.25) is 0 Å².